The molecule has 1 aliphatic rings. The number of hydrogen-bond donors (Lipinski definition) is 1. The zero-order valence-electron chi connectivity index (χ0n) is 18.2. The molecule has 0 amide bonds. The molecule has 1 aromatic heterocycles. The van der Waals surface area contributed by atoms with Crippen molar-refractivity contribution in [1.82, 2.24) is 14.8 Å². The first kappa shape index (κ1) is 20.8. The van der Waals surface area contributed by atoms with Crippen molar-refractivity contribution >= 4 is 11.9 Å². The molecule has 0 spiro atoms. The molecule has 0 saturated heterocycles. The Kier molecular flexibility index (Phi) is 5.76. The summed E-state index contributed by atoms with van der Waals surface area (Å²) in [5, 5.41) is 7.94. The normalized spacial score (nSPS) is 17.0. The fourth-order valence-electron chi connectivity index (χ4n) is 4.11. The number of methoxy groups -OCH3 is 1. The summed E-state index contributed by atoms with van der Waals surface area (Å²) >= 11 is 0. The molecule has 0 radical (unpaired) electrons. The summed E-state index contributed by atoms with van der Waals surface area (Å²) in [4.78, 5) is 16.0. The van der Waals surface area contributed by atoms with E-state index in [1.165, 1.54) is 12.7 Å². The van der Waals surface area contributed by atoms with E-state index in [4.69, 9.17) is 9.47 Å². The SMILES string of the molecule is COC(=O)c1ccc(COc2ccc([C@@H]3C[C@@H](c4ccccc4)Nc4ncnn43)cc2)cc1. The summed E-state index contributed by atoms with van der Waals surface area (Å²) in [7, 11) is 1.37. The van der Waals surface area contributed by atoms with Crippen LogP contribution in [0.25, 0.3) is 0 Å². The van der Waals surface area contributed by atoms with Crippen molar-refractivity contribution in [2.75, 3.05) is 12.4 Å². The van der Waals surface area contributed by atoms with Gasteiger partial charge in [-0.1, -0.05) is 54.6 Å². The van der Waals surface area contributed by atoms with E-state index in [1.807, 2.05) is 35.0 Å². The topological polar surface area (TPSA) is 78.3 Å². The van der Waals surface area contributed by atoms with Gasteiger partial charge in [0.2, 0.25) is 5.95 Å². The van der Waals surface area contributed by atoms with Crippen LogP contribution in [0.4, 0.5) is 5.95 Å². The second-order valence-electron chi connectivity index (χ2n) is 7.93. The maximum absolute atomic E-state index is 11.6. The average molecular weight is 441 g/mol. The van der Waals surface area contributed by atoms with E-state index >= 15 is 0 Å². The molecule has 0 unspecified atom stereocenters. The number of anilines is 1. The standard InChI is InChI=1S/C26H24N4O3/c1-32-25(31)21-9-7-18(8-10-21)16-33-22-13-11-20(12-14-22)24-15-23(19-5-3-2-4-6-19)29-26-27-17-28-30(24)26/h2-14,17,23-24H,15-16H2,1H3,(H,27,28,29)/t23-,24-/m0/s1. The van der Waals surface area contributed by atoms with E-state index in [-0.39, 0.29) is 18.1 Å². The van der Waals surface area contributed by atoms with Crippen LogP contribution in [0.3, 0.4) is 0 Å². The first-order chi connectivity index (χ1) is 16.2. The monoisotopic (exact) mass is 440 g/mol. The van der Waals surface area contributed by atoms with Gasteiger partial charge in [-0.3, -0.25) is 0 Å². The van der Waals surface area contributed by atoms with Crippen LogP contribution < -0.4 is 10.1 Å². The highest BCUT2D eigenvalue weighted by Crippen LogP contribution is 2.37. The highest BCUT2D eigenvalue weighted by molar-refractivity contribution is 5.89. The zero-order chi connectivity index (χ0) is 22.6. The first-order valence-corrected chi connectivity index (χ1v) is 10.8. The molecule has 0 bridgehead atoms. The van der Waals surface area contributed by atoms with Crippen molar-refractivity contribution in [3.8, 4) is 5.75 Å². The quantitative estimate of drug-likeness (QED) is 0.435. The molecule has 7 nitrogen and oxygen atoms in total. The minimum Gasteiger partial charge on any atom is -0.489 e. The molecule has 4 aromatic rings. The lowest BCUT2D eigenvalue weighted by molar-refractivity contribution is 0.0600. The number of nitrogens with one attached hydrogen (secondary N) is 1. The van der Waals surface area contributed by atoms with E-state index in [2.05, 4.69) is 51.8 Å². The Labute approximate surface area is 192 Å². The van der Waals surface area contributed by atoms with Crippen LogP contribution in [0.5, 0.6) is 5.75 Å². The molecule has 3 aromatic carbocycles. The molecule has 1 aliphatic heterocycles. The largest absolute Gasteiger partial charge is 0.489 e. The highest BCUT2D eigenvalue weighted by atomic mass is 16.5. The van der Waals surface area contributed by atoms with Gasteiger partial charge in [0.15, 0.2) is 0 Å². The first-order valence-electron chi connectivity index (χ1n) is 10.8. The Hall–Kier alpha value is -4.13. The fourth-order valence-corrected chi connectivity index (χ4v) is 4.11. The summed E-state index contributed by atoms with van der Waals surface area (Å²) in [5.41, 5.74) is 3.88. The van der Waals surface area contributed by atoms with Crippen LogP contribution >= 0.6 is 0 Å². The Morgan fingerprint density at radius 1 is 1.00 bits per heavy atom. The summed E-state index contributed by atoms with van der Waals surface area (Å²) in [6, 6.07) is 26.0. The molecular weight excluding hydrogens is 416 g/mol. The lowest BCUT2D eigenvalue weighted by Crippen LogP contribution is -2.28. The molecule has 0 aliphatic carbocycles. The predicted molar refractivity (Wildman–Crippen MR) is 124 cm³/mol. The number of ether oxygens (including phenoxy) is 2. The second kappa shape index (κ2) is 9.16. The molecule has 2 atom stereocenters. The zero-order valence-corrected chi connectivity index (χ0v) is 18.2. The molecule has 7 heteroatoms. The number of aromatic nitrogens is 3. The minimum atomic E-state index is -0.346. The van der Waals surface area contributed by atoms with Crippen LogP contribution in [0.1, 0.15) is 45.6 Å². The van der Waals surface area contributed by atoms with Gasteiger partial charge < -0.3 is 14.8 Å². The molecule has 5 rings (SSSR count). The van der Waals surface area contributed by atoms with Gasteiger partial charge in [0, 0.05) is 0 Å². The maximum Gasteiger partial charge on any atom is 0.337 e. The number of rotatable bonds is 6. The molecule has 0 saturated carbocycles. The highest BCUT2D eigenvalue weighted by Gasteiger charge is 2.29. The molecular formula is C26H24N4O3. The van der Waals surface area contributed by atoms with Crippen LogP contribution in [0.2, 0.25) is 0 Å². The van der Waals surface area contributed by atoms with Gasteiger partial charge in [0.1, 0.15) is 18.7 Å². The van der Waals surface area contributed by atoms with Crippen molar-refractivity contribution in [3.05, 3.63) is 107 Å². The van der Waals surface area contributed by atoms with Crippen molar-refractivity contribution in [1.29, 1.82) is 0 Å². The fraction of sp³-hybridized carbons (Fsp3) is 0.192. The minimum absolute atomic E-state index is 0.0777. The summed E-state index contributed by atoms with van der Waals surface area (Å²) < 4.78 is 12.6. The van der Waals surface area contributed by atoms with Gasteiger partial charge in [-0.25, -0.2) is 9.48 Å². The number of fused-ring (bicyclic) bond motifs is 1. The smallest absolute Gasteiger partial charge is 0.337 e. The molecule has 1 N–H and O–H groups in total. The van der Waals surface area contributed by atoms with Gasteiger partial charge in [-0.15, -0.1) is 0 Å². The number of esters is 1. The van der Waals surface area contributed by atoms with Gasteiger partial charge in [0.25, 0.3) is 0 Å². The Morgan fingerprint density at radius 3 is 2.48 bits per heavy atom. The van der Waals surface area contributed by atoms with Gasteiger partial charge in [0.05, 0.1) is 24.8 Å². The number of carbonyl (C=O) groups excluding carboxylic acids is 1. The summed E-state index contributed by atoms with van der Waals surface area (Å²) in [5.74, 6) is 1.21. The van der Waals surface area contributed by atoms with Crippen LogP contribution in [0, 0.1) is 0 Å². The number of nitrogens with zero attached hydrogens (tertiary/aromatic N) is 3. The Bertz CT molecular complexity index is 1220. The van der Waals surface area contributed by atoms with Gasteiger partial charge in [-0.05, 0) is 47.4 Å². The molecule has 2 heterocycles. The molecule has 0 fully saturated rings. The summed E-state index contributed by atoms with van der Waals surface area (Å²) in [6.07, 6.45) is 2.46. The third-order valence-electron chi connectivity index (χ3n) is 5.88. The Morgan fingerprint density at radius 2 is 1.76 bits per heavy atom. The van der Waals surface area contributed by atoms with Crippen molar-refractivity contribution < 1.29 is 14.3 Å². The predicted octanol–water partition coefficient (Wildman–Crippen LogP) is 4.79. The van der Waals surface area contributed by atoms with E-state index in [9.17, 15) is 4.79 Å². The second-order valence-corrected chi connectivity index (χ2v) is 7.93. The van der Waals surface area contributed by atoms with Gasteiger partial charge in [-0.2, -0.15) is 10.1 Å². The van der Waals surface area contributed by atoms with E-state index in [0.717, 1.165) is 29.2 Å². The average Bonchev–Trinajstić information content (AvgIpc) is 3.36. The number of benzene rings is 3. The van der Waals surface area contributed by atoms with Crippen molar-refractivity contribution in [3.63, 3.8) is 0 Å². The maximum atomic E-state index is 11.6. The van der Waals surface area contributed by atoms with E-state index in [1.54, 1.807) is 18.5 Å². The van der Waals surface area contributed by atoms with Crippen LogP contribution in [-0.4, -0.2) is 27.8 Å². The van der Waals surface area contributed by atoms with E-state index < -0.39 is 0 Å². The molecule has 33 heavy (non-hydrogen) atoms. The lowest BCUT2D eigenvalue weighted by Gasteiger charge is -2.31. The van der Waals surface area contributed by atoms with Gasteiger partial charge >= 0.3 is 5.97 Å². The van der Waals surface area contributed by atoms with Crippen molar-refractivity contribution in [2.45, 2.75) is 25.1 Å². The third-order valence-corrected chi connectivity index (χ3v) is 5.88. The number of carbonyl (C=O) groups is 1. The lowest BCUT2D eigenvalue weighted by atomic mass is 9.93. The molecule has 166 valence electrons. The third kappa shape index (κ3) is 4.43. The summed E-state index contributed by atoms with van der Waals surface area (Å²) in [6.45, 7) is 0.414. The van der Waals surface area contributed by atoms with Crippen LogP contribution in [-0.2, 0) is 11.3 Å². The number of hydrogen-bond acceptors (Lipinski definition) is 6. The Balaban J connectivity index is 1.28. The van der Waals surface area contributed by atoms with E-state index in [0.29, 0.717) is 12.2 Å². The van der Waals surface area contributed by atoms with Crippen LogP contribution in [0.15, 0.2) is 85.2 Å². The van der Waals surface area contributed by atoms with Crippen molar-refractivity contribution in [2.24, 2.45) is 0 Å².